The van der Waals surface area contributed by atoms with Gasteiger partial charge in [0.25, 0.3) is 0 Å². The van der Waals surface area contributed by atoms with Crippen molar-refractivity contribution in [3.63, 3.8) is 0 Å². The maximum atomic E-state index is 11.1. The first-order valence-corrected chi connectivity index (χ1v) is 6.13. The zero-order valence-corrected chi connectivity index (χ0v) is 10.7. The van der Waals surface area contributed by atoms with Crippen molar-refractivity contribution in [2.24, 2.45) is 0 Å². The fourth-order valence-corrected chi connectivity index (χ4v) is 1.48. The zero-order chi connectivity index (χ0) is 12.4. The van der Waals surface area contributed by atoms with Gasteiger partial charge in [0.15, 0.2) is 6.10 Å². The van der Waals surface area contributed by atoms with E-state index in [4.69, 9.17) is 4.74 Å². The summed E-state index contributed by atoms with van der Waals surface area (Å²) in [5, 5.41) is 9.47. The summed E-state index contributed by atoms with van der Waals surface area (Å²) in [7, 11) is 0. The van der Waals surface area contributed by atoms with Crippen LogP contribution in [-0.4, -0.2) is 23.8 Å². The minimum Gasteiger partial charge on any atom is -0.464 e. The Balaban J connectivity index is 3.86. The molecule has 0 aromatic rings. The van der Waals surface area contributed by atoms with Crippen LogP contribution in [0.4, 0.5) is 0 Å². The average molecular weight is 228 g/mol. The molecule has 0 amide bonds. The van der Waals surface area contributed by atoms with Crippen LogP contribution in [0.15, 0.2) is 11.6 Å². The maximum absolute atomic E-state index is 11.1. The van der Waals surface area contributed by atoms with Crippen LogP contribution < -0.4 is 0 Å². The summed E-state index contributed by atoms with van der Waals surface area (Å²) in [5.41, 5.74) is 1.05. The molecule has 0 aliphatic carbocycles. The van der Waals surface area contributed by atoms with E-state index < -0.39 is 12.1 Å². The Morgan fingerprint density at radius 3 is 2.56 bits per heavy atom. The predicted molar refractivity (Wildman–Crippen MR) is 65.2 cm³/mol. The Bertz CT molecular complexity index is 221. The molecular formula is C13H24O3. The third-order valence-electron chi connectivity index (χ3n) is 2.40. The number of aliphatic hydroxyl groups excluding tert-OH is 1. The molecule has 0 spiro atoms. The minimum absolute atomic E-state index is 0.305. The number of rotatable bonds is 8. The summed E-state index contributed by atoms with van der Waals surface area (Å²) in [5.74, 6) is -0.560. The third kappa shape index (κ3) is 7.46. The molecule has 0 heterocycles. The van der Waals surface area contributed by atoms with E-state index in [1.54, 1.807) is 13.0 Å². The number of aliphatic hydroxyl groups is 1. The lowest BCUT2D eigenvalue weighted by Gasteiger charge is -2.07. The first-order chi connectivity index (χ1) is 7.61. The first-order valence-electron chi connectivity index (χ1n) is 6.13. The van der Waals surface area contributed by atoms with Gasteiger partial charge in [0.2, 0.25) is 0 Å². The highest BCUT2D eigenvalue weighted by atomic mass is 16.5. The summed E-state index contributed by atoms with van der Waals surface area (Å²) in [6.07, 6.45) is 6.21. The van der Waals surface area contributed by atoms with Crippen LogP contribution in [0, 0.1) is 0 Å². The number of carbonyl (C=O) groups is 1. The average Bonchev–Trinajstić information content (AvgIpc) is 2.24. The Kier molecular flexibility index (Phi) is 8.91. The van der Waals surface area contributed by atoms with Gasteiger partial charge >= 0.3 is 5.97 Å². The fourth-order valence-electron chi connectivity index (χ4n) is 1.48. The van der Waals surface area contributed by atoms with Crippen LogP contribution in [0.25, 0.3) is 0 Å². The molecule has 0 aromatic heterocycles. The van der Waals surface area contributed by atoms with Gasteiger partial charge in [-0.05, 0) is 32.8 Å². The molecule has 0 aromatic carbocycles. The van der Waals surface area contributed by atoms with Crippen LogP contribution in [0.1, 0.15) is 52.9 Å². The normalized spacial score (nSPS) is 13.6. The number of carbonyl (C=O) groups excluding carboxylic acids is 1. The lowest BCUT2D eigenvalue weighted by atomic mass is 10.1. The number of allylic oxidation sites excluding steroid dienone is 1. The second-order valence-corrected chi connectivity index (χ2v) is 4.02. The van der Waals surface area contributed by atoms with E-state index in [1.165, 1.54) is 19.3 Å². The van der Waals surface area contributed by atoms with E-state index >= 15 is 0 Å². The monoisotopic (exact) mass is 228 g/mol. The van der Waals surface area contributed by atoms with Gasteiger partial charge in [-0.2, -0.15) is 0 Å². The van der Waals surface area contributed by atoms with Crippen LogP contribution in [-0.2, 0) is 9.53 Å². The van der Waals surface area contributed by atoms with E-state index in [1.807, 2.05) is 6.92 Å². The summed E-state index contributed by atoms with van der Waals surface area (Å²) in [6.45, 7) is 6.15. The number of ether oxygens (including phenoxy) is 1. The number of unbranched alkanes of at least 4 members (excludes halogenated alkanes) is 3. The summed E-state index contributed by atoms with van der Waals surface area (Å²) < 4.78 is 4.71. The molecule has 1 N–H and O–H groups in total. The van der Waals surface area contributed by atoms with Gasteiger partial charge in [-0.25, -0.2) is 4.79 Å². The zero-order valence-electron chi connectivity index (χ0n) is 10.7. The van der Waals surface area contributed by atoms with Crippen molar-refractivity contribution in [1.82, 2.24) is 0 Å². The molecule has 0 fully saturated rings. The molecule has 0 saturated carbocycles. The van der Waals surface area contributed by atoms with Crippen molar-refractivity contribution in [2.75, 3.05) is 6.61 Å². The van der Waals surface area contributed by atoms with Crippen LogP contribution >= 0.6 is 0 Å². The predicted octanol–water partition coefficient (Wildman–Crippen LogP) is 2.83. The van der Waals surface area contributed by atoms with Crippen molar-refractivity contribution in [1.29, 1.82) is 0 Å². The van der Waals surface area contributed by atoms with E-state index in [2.05, 4.69) is 6.92 Å². The van der Waals surface area contributed by atoms with Gasteiger partial charge in [0, 0.05) is 0 Å². The maximum Gasteiger partial charge on any atom is 0.339 e. The topological polar surface area (TPSA) is 46.5 Å². The van der Waals surface area contributed by atoms with Crippen molar-refractivity contribution in [2.45, 2.75) is 59.0 Å². The third-order valence-corrected chi connectivity index (χ3v) is 2.40. The SMILES string of the molecule is CCCCCC/C(C)=C/[C@@H](O)C(=O)OCC. The van der Waals surface area contributed by atoms with Crippen LogP contribution in [0.3, 0.4) is 0 Å². The lowest BCUT2D eigenvalue weighted by molar-refractivity contribution is -0.150. The molecule has 1 atom stereocenters. The molecule has 3 nitrogen and oxygen atoms in total. The smallest absolute Gasteiger partial charge is 0.339 e. The molecule has 3 heteroatoms. The highest BCUT2D eigenvalue weighted by molar-refractivity contribution is 5.76. The quantitative estimate of drug-likeness (QED) is 0.395. The van der Waals surface area contributed by atoms with Gasteiger partial charge in [-0.3, -0.25) is 0 Å². The van der Waals surface area contributed by atoms with Gasteiger partial charge < -0.3 is 9.84 Å². The van der Waals surface area contributed by atoms with Crippen LogP contribution in [0.5, 0.6) is 0 Å². The van der Waals surface area contributed by atoms with E-state index in [0.29, 0.717) is 6.61 Å². The minimum atomic E-state index is -1.11. The summed E-state index contributed by atoms with van der Waals surface area (Å²) >= 11 is 0. The van der Waals surface area contributed by atoms with Crippen LogP contribution in [0.2, 0.25) is 0 Å². The molecule has 0 saturated heterocycles. The van der Waals surface area contributed by atoms with Gasteiger partial charge in [-0.1, -0.05) is 31.8 Å². The Hall–Kier alpha value is -0.830. The molecule has 0 bridgehead atoms. The van der Waals surface area contributed by atoms with Crippen molar-refractivity contribution < 1.29 is 14.6 Å². The summed E-state index contributed by atoms with van der Waals surface area (Å²) in [6, 6.07) is 0. The molecule has 0 rings (SSSR count). The highest BCUT2D eigenvalue weighted by Crippen LogP contribution is 2.10. The molecule has 16 heavy (non-hydrogen) atoms. The molecule has 0 unspecified atom stereocenters. The first kappa shape index (κ1) is 15.2. The molecule has 0 aliphatic rings. The molecule has 0 aliphatic heterocycles. The lowest BCUT2D eigenvalue weighted by Crippen LogP contribution is -2.21. The van der Waals surface area contributed by atoms with E-state index in [-0.39, 0.29) is 0 Å². The standard InChI is InChI=1S/C13H24O3/c1-4-6-7-8-9-11(3)10-12(14)13(15)16-5-2/h10,12,14H,4-9H2,1-3H3/b11-10+/t12-/m1/s1. The second kappa shape index (κ2) is 9.40. The Morgan fingerprint density at radius 2 is 2.00 bits per heavy atom. The number of hydrogen-bond donors (Lipinski definition) is 1. The van der Waals surface area contributed by atoms with Gasteiger partial charge in [0.1, 0.15) is 0 Å². The van der Waals surface area contributed by atoms with Gasteiger partial charge in [0.05, 0.1) is 6.61 Å². The van der Waals surface area contributed by atoms with Crippen molar-refractivity contribution in [3.8, 4) is 0 Å². The fraction of sp³-hybridized carbons (Fsp3) is 0.769. The number of esters is 1. The van der Waals surface area contributed by atoms with E-state index in [0.717, 1.165) is 18.4 Å². The Labute approximate surface area is 98.5 Å². The highest BCUT2D eigenvalue weighted by Gasteiger charge is 2.12. The van der Waals surface area contributed by atoms with E-state index in [9.17, 15) is 9.90 Å². The molecule has 94 valence electrons. The van der Waals surface area contributed by atoms with Crippen molar-refractivity contribution in [3.05, 3.63) is 11.6 Å². The second-order valence-electron chi connectivity index (χ2n) is 4.02. The molecular weight excluding hydrogens is 204 g/mol. The van der Waals surface area contributed by atoms with Crippen molar-refractivity contribution >= 4 is 5.97 Å². The molecule has 0 radical (unpaired) electrons. The van der Waals surface area contributed by atoms with Gasteiger partial charge in [-0.15, -0.1) is 0 Å². The number of hydrogen-bond acceptors (Lipinski definition) is 3. The Morgan fingerprint density at radius 1 is 1.31 bits per heavy atom. The largest absolute Gasteiger partial charge is 0.464 e. The summed E-state index contributed by atoms with van der Waals surface area (Å²) in [4.78, 5) is 11.1.